The summed E-state index contributed by atoms with van der Waals surface area (Å²) in [5.74, 6) is 0. The lowest BCUT2D eigenvalue weighted by atomic mass is 9.64. The van der Waals surface area contributed by atoms with Gasteiger partial charge in [-0.2, -0.15) is 0 Å². The third-order valence-electron chi connectivity index (χ3n) is 3.43. The van der Waals surface area contributed by atoms with Gasteiger partial charge in [-0.25, -0.2) is 0 Å². The molecule has 2 heteroatoms. The molecule has 0 amide bonds. The molecule has 0 heterocycles. The van der Waals surface area contributed by atoms with E-state index < -0.39 is 0 Å². The molecule has 0 spiro atoms. The van der Waals surface area contributed by atoms with E-state index in [1.54, 1.807) is 0 Å². The van der Waals surface area contributed by atoms with Crippen molar-refractivity contribution in [2.45, 2.75) is 31.6 Å². The Bertz CT molecular complexity index is 331. The fraction of sp³-hybridized carbons (Fsp3) is 0.538. The minimum Gasteiger partial charge on any atom is -0.398 e. The smallest absolute Gasteiger partial charge is 0.0563 e. The molecule has 0 unspecified atom stereocenters. The van der Waals surface area contributed by atoms with E-state index in [9.17, 15) is 0 Å². The van der Waals surface area contributed by atoms with Gasteiger partial charge in [0.2, 0.25) is 0 Å². The Morgan fingerprint density at radius 1 is 1.33 bits per heavy atom. The van der Waals surface area contributed by atoms with Gasteiger partial charge < -0.3 is 10.5 Å². The van der Waals surface area contributed by atoms with Crippen molar-refractivity contribution >= 4 is 5.69 Å². The topological polar surface area (TPSA) is 35.2 Å². The van der Waals surface area contributed by atoms with Crippen LogP contribution in [0.1, 0.15) is 31.7 Å². The predicted molar refractivity (Wildman–Crippen MR) is 62.9 cm³/mol. The number of anilines is 1. The number of nitrogen functional groups attached to an aromatic ring is 1. The molecule has 0 atom stereocenters. The second kappa shape index (κ2) is 4.23. The van der Waals surface area contributed by atoms with Gasteiger partial charge in [0.25, 0.3) is 0 Å². The van der Waals surface area contributed by atoms with Gasteiger partial charge in [-0.1, -0.05) is 24.6 Å². The van der Waals surface area contributed by atoms with Crippen molar-refractivity contribution in [2.75, 3.05) is 18.9 Å². The summed E-state index contributed by atoms with van der Waals surface area (Å²) in [5, 5.41) is 0. The standard InChI is InChI=1S/C13H19NO/c1-2-15-10-13(8-5-9-13)11-6-3-4-7-12(11)14/h3-4,6-7H,2,5,8-10,14H2,1H3. The quantitative estimate of drug-likeness (QED) is 0.767. The molecule has 0 bridgehead atoms. The van der Waals surface area contributed by atoms with Crippen LogP contribution in [0.5, 0.6) is 0 Å². The normalized spacial score (nSPS) is 18.5. The fourth-order valence-electron chi connectivity index (χ4n) is 2.37. The van der Waals surface area contributed by atoms with Crippen LogP contribution < -0.4 is 5.73 Å². The minimum atomic E-state index is 0.210. The van der Waals surface area contributed by atoms with Crippen molar-refractivity contribution in [3.8, 4) is 0 Å². The Balaban J connectivity index is 2.22. The van der Waals surface area contributed by atoms with Crippen LogP contribution in [0.25, 0.3) is 0 Å². The van der Waals surface area contributed by atoms with Crippen LogP contribution in [0, 0.1) is 0 Å². The largest absolute Gasteiger partial charge is 0.398 e. The fourth-order valence-corrected chi connectivity index (χ4v) is 2.37. The lowest BCUT2D eigenvalue weighted by Gasteiger charge is -2.42. The highest BCUT2D eigenvalue weighted by atomic mass is 16.5. The summed E-state index contributed by atoms with van der Waals surface area (Å²) >= 11 is 0. The molecule has 1 aliphatic rings. The van der Waals surface area contributed by atoms with Crippen LogP contribution in [0.15, 0.2) is 24.3 Å². The maximum absolute atomic E-state index is 6.03. The number of rotatable bonds is 4. The van der Waals surface area contributed by atoms with E-state index in [-0.39, 0.29) is 5.41 Å². The molecule has 15 heavy (non-hydrogen) atoms. The van der Waals surface area contributed by atoms with Gasteiger partial charge in [0, 0.05) is 17.7 Å². The van der Waals surface area contributed by atoms with Crippen molar-refractivity contribution in [2.24, 2.45) is 0 Å². The van der Waals surface area contributed by atoms with Gasteiger partial charge in [-0.05, 0) is 31.4 Å². The molecule has 1 fully saturated rings. The van der Waals surface area contributed by atoms with Crippen LogP contribution in [0.3, 0.4) is 0 Å². The first-order chi connectivity index (χ1) is 7.28. The van der Waals surface area contributed by atoms with Crippen LogP contribution in [0.4, 0.5) is 5.69 Å². The molecule has 82 valence electrons. The predicted octanol–water partition coefficient (Wildman–Crippen LogP) is 2.73. The number of ether oxygens (including phenoxy) is 1. The molecule has 1 aromatic carbocycles. The number of hydrogen-bond donors (Lipinski definition) is 1. The first kappa shape index (κ1) is 10.5. The van der Waals surface area contributed by atoms with Crippen molar-refractivity contribution in [1.29, 1.82) is 0 Å². The Kier molecular flexibility index (Phi) is 2.96. The van der Waals surface area contributed by atoms with Crippen molar-refractivity contribution in [3.63, 3.8) is 0 Å². The average molecular weight is 205 g/mol. The first-order valence-corrected chi connectivity index (χ1v) is 5.71. The Morgan fingerprint density at radius 3 is 2.60 bits per heavy atom. The highest BCUT2D eigenvalue weighted by Gasteiger charge is 2.39. The monoisotopic (exact) mass is 205 g/mol. The summed E-state index contributed by atoms with van der Waals surface area (Å²) in [6, 6.07) is 8.19. The molecular weight excluding hydrogens is 186 g/mol. The highest BCUT2D eigenvalue weighted by Crippen LogP contribution is 2.45. The van der Waals surface area contributed by atoms with E-state index in [0.717, 1.165) is 18.9 Å². The second-order valence-electron chi connectivity index (χ2n) is 4.36. The maximum Gasteiger partial charge on any atom is 0.0563 e. The lowest BCUT2D eigenvalue weighted by Crippen LogP contribution is -2.39. The molecule has 2 nitrogen and oxygen atoms in total. The number of hydrogen-bond acceptors (Lipinski definition) is 2. The molecule has 2 rings (SSSR count). The molecule has 0 aliphatic heterocycles. The number of benzene rings is 1. The van der Waals surface area contributed by atoms with E-state index in [2.05, 4.69) is 12.1 Å². The zero-order valence-corrected chi connectivity index (χ0v) is 9.33. The molecule has 1 saturated carbocycles. The molecule has 0 saturated heterocycles. The van der Waals surface area contributed by atoms with E-state index in [1.807, 2.05) is 19.1 Å². The number of para-hydroxylation sites is 1. The third kappa shape index (κ3) is 1.86. The Hall–Kier alpha value is -1.02. The van der Waals surface area contributed by atoms with Crippen LogP contribution in [-0.4, -0.2) is 13.2 Å². The molecule has 0 aromatic heterocycles. The van der Waals surface area contributed by atoms with Gasteiger partial charge in [0.1, 0.15) is 0 Å². The maximum atomic E-state index is 6.03. The average Bonchev–Trinajstić information content (AvgIpc) is 2.19. The molecule has 2 N–H and O–H groups in total. The summed E-state index contributed by atoms with van der Waals surface area (Å²) < 4.78 is 5.59. The van der Waals surface area contributed by atoms with Gasteiger partial charge in [-0.3, -0.25) is 0 Å². The number of nitrogens with two attached hydrogens (primary N) is 1. The van der Waals surface area contributed by atoms with E-state index in [4.69, 9.17) is 10.5 Å². The van der Waals surface area contributed by atoms with Gasteiger partial charge in [0.15, 0.2) is 0 Å². The van der Waals surface area contributed by atoms with Gasteiger partial charge in [0.05, 0.1) is 6.61 Å². The van der Waals surface area contributed by atoms with E-state index >= 15 is 0 Å². The summed E-state index contributed by atoms with van der Waals surface area (Å²) in [5.41, 5.74) is 8.44. The minimum absolute atomic E-state index is 0.210. The zero-order valence-electron chi connectivity index (χ0n) is 9.33. The van der Waals surface area contributed by atoms with Gasteiger partial charge >= 0.3 is 0 Å². The molecule has 0 radical (unpaired) electrons. The van der Waals surface area contributed by atoms with E-state index in [0.29, 0.717) is 0 Å². The lowest BCUT2D eigenvalue weighted by molar-refractivity contribution is 0.0525. The molecule has 1 aliphatic carbocycles. The van der Waals surface area contributed by atoms with Crippen molar-refractivity contribution in [3.05, 3.63) is 29.8 Å². The van der Waals surface area contributed by atoms with Crippen LogP contribution in [0.2, 0.25) is 0 Å². The Labute approximate surface area is 91.4 Å². The Morgan fingerprint density at radius 2 is 2.07 bits per heavy atom. The molecular formula is C13H19NO. The summed E-state index contributed by atoms with van der Waals surface area (Å²) in [6.45, 7) is 3.65. The summed E-state index contributed by atoms with van der Waals surface area (Å²) in [6.07, 6.45) is 3.71. The van der Waals surface area contributed by atoms with Crippen LogP contribution in [-0.2, 0) is 10.2 Å². The SMILES string of the molecule is CCOCC1(c2ccccc2N)CCC1. The van der Waals surface area contributed by atoms with Crippen molar-refractivity contribution in [1.82, 2.24) is 0 Å². The highest BCUT2D eigenvalue weighted by molar-refractivity contribution is 5.51. The van der Waals surface area contributed by atoms with E-state index in [1.165, 1.54) is 24.8 Å². The van der Waals surface area contributed by atoms with Crippen LogP contribution >= 0.6 is 0 Å². The van der Waals surface area contributed by atoms with Crippen molar-refractivity contribution < 1.29 is 4.74 Å². The summed E-state index contributed by atoms with van der Waals surface area (Å²) in [7, 11) is 0. The zero-order chi connectivity index (χ0) is 10.7. The van der Waals surface area contributed by atoms with Gasteiger partial charge in [-0.15, -0.1) is 0 Å². The third-order valence-corrected chi connectivity index (χ3v) is 3.43. The summed E-state index contributed by atoms with van der Waals surface area (Å²) in [4.78, 5) is 0. The molecule has 1 aromatic rings. The second-order valence-corrected chi connectivity index (χ2v) is 4.36. The first-order valence-electron chi connectivity index (χ1n) is 5.71.